The van der Waals surface area contributed by atoms with Gasteiger partial charge in [0.1, 0.15) is 0 Å². The Morgan fingerprint density at radius 3 is 2.80 bits per heavy atom. The molecule has 15 heavy (non-hydrogen) atoms. The van der Waals surface area contributed by atoms with E-state index in [1.54, 1.807) is 0 Å². The average Bonchev–Trinajstić information content (AvgIpc) is 2.54. The molecule has 0 saturated carbocycles. The maximum Gasteiger partial charge on any atom is 0.242 e. The number of carbonyl (C=O) groups excluding carboxylic acids is 1. The average molecular weight is 211 g/mol. The maximum atomic E-state index is 12.3. The monoisotopic (exact) mass is 211 g/mol. The summed E-state index contributed by atoms with van der Waals surface area (Å²) >= 11 is 0. The van der Waals surface area contributed by atoms with Gasteiger partial charge in [-0.2, -0.15) is 0 Å². The highest BCUT2D eigenvalue weighted by Gasteiger charge is 2.38. The first-order valence-electron chi connectivity index (χ1n) is 5.97. The molecule has 1 atom stereocenters. The van der Waals surface area contributed by atoms with Crippen molar-refractivity contribution in [3.05, 3.63) is 0 Å². The Balaban J connectivity index is 1.98. The third kappa shape index (κ3) is 2.32. The van der Waals surface area contributed by atoms with Crippen LogP contribution in [0.3, 0.4) is 0 Å². The summed E-state index contributed by atoms with van der Waals surface area (Å²) in [5.41, 5.74) is -0.287. The quantitative estimate of drug-likeness (QED) is 0.639. The van der Waals surface area contributed by atoms with Gasteiger partial charge in [0.25, 0.3) is 0 Å². The Kier molecular flexibility index (Phi) is 3.26. The molecule has 4 nitrogen and oxygen atoms in total. The van der Waals surface area contributed by atoms with E-state index in [9.17, 15) is 4.79 Å². The van der Waals surface area contributed by atoms with Gasteiger partial charge in [0.05, 0.1) is 5.54 Å². The molecule has 2 aliphatic heterocycles. The van der Waals surface area contributed by atoms with Gasteiger partial charge in [0.15, 0.2) is 0 Å². The molecule has 2 fully saturated rings. The number of nitrogens with zero attached hydrogens (tertiary/aromatic N) is 1. The van der Waals surface area contributed by atoms with E-state index >= 15 is 0 Å². The fraction of sp³-hybridized carbons (Fsp3) is 0.909. The predicted octanol–water partition coefficient (Wildman–Crippen LogP) is -0.0496. The number of carbonyl (C=O) groups is 1. The fourth-order valence-corrected chi connectivity index (χ4v) is 2.47. The molecule has 2 heterocycles. The Labute approximate surface area is 91.4 Å². The van der Waals surface area contributed by atoms with Crippen molar-refractivity contribution in [1.29, 1.82) is 0 Å². The third-order valence-electron chi connectivity index (χ3n) is 3.47. The van der Waals surface area contributed by atoms with Crippen LogP contribution >= 0.6 is 0 Å². The van der Waals surface area contributed by atoms with Gasteiger partial charge in [-0.15, -0.1) is 0 Å². The molecule has 0 spiro atoms. The second kappa shape index (κ2) is 4.49. The number of amides is 1. The normalized spacial score (nSPS) is 32.7. The summed E-state index contributed by atoms with van der Waals surface area (Å²) in [4.78, 5) is 14.3. The summed E-state index contributed by atoms with van der Waals surface area (Å²) in [6.45, 7) is 6.75. The van der Waals surface area contributed by atoms with Crippen molar-refractivity contribution in [3.8, 4) is 0 Å². The summed E-state index contributed by atoms with van der Waals surface area (Å²) in [6, 6.07) is 0. The van der Waals surface area contributed by atoms with Crippen molar-refractivity contribution in [1.82, 2.24) is 15.5 Å². The van der Waals surface area contributed by atoms with Gasteiger partial charge in [0.2, 0.25) is 5.91 Å². The standard InChI is InChI=1S/C11H21N3O/c1-11(4-2-6-13-11)10(15)14-8-3-5-12-7-9-14/h12-13H,2-9H2,1H3. The smallest absolute Gasteiger partial charge is 0.242 e. The summed E-state index contributed by atoms with van der Waals surface area (Å²) in [6.07, 6.45) is 3.17. The molecule has 0 aliphatic carbocycles. The highest BCUT2D eigenvalue weighted by molar-refractivity contribution is 5.86. The van der Waals surface area contributed by atoms with Crippen molar-refractivity contribution in [3.63, 3.8) is 0 Å². The van der Waals surface area contributed by atoms with E-state index in [1.807, 2.05) is 11.8 Å². The number of rotatable bonds is 1. The Morgan fingerprint density at radius 1 is 1.20 bits per heavy atom. The number of nitrogens with one attached hydrogen (secondary N) is 2. The molecule has 0 aromatic heterocycles. The summed E-state index contributed by atoms with van der Waals surface area (Å²) in [5, 5.41) is 6.66. The van der Waals surface area contributed by atoms with Crippen LogP contribution in [-0.4, -0.2) is 49.1 Å². The molecule has 2 rings (SSSR count). The van der Waals surface area contributed by atoms with E-state index in [1.165, 1.54) is 0 Å². The Morgan fingerprint density at radius 2 is 2.07 bits per heavy atom. The fourth-order valence-electron chi connectivity index (χ4n) is 2.47. The summed E-state index contributed by atoms with van der Waals surface area (Å²) in [5.74, 6) is 0.295. The van der Waals surface area contributed by atoms with Crippen molar-refractivity contribution in [2.24, 2.45) is 0 Å². The van der Waals surface area contributed by atoms with E-state index in [4.69, 9.17) is 0 Å². The lowest BCUT2D eigenvalue weighted by Crippen LogP contribution is -2.53. The van der Waals surface area contributed by atoms with Crippen molar-refractivity contribution >= 4 is 5.91 Å². The number of hydrogen-bond donors (Lipinski definition) is 2. The van der Waals surface area contributed by atoms with Crippen LogP contribution in [0, 0.1) is 0 Å². The molecule has 1 amide bonds. The molecular weight excluding hydrogens is 190 g/mol. The van der Waals surface area contributed by atoms with E-state index in [0.29, 0.717) is 5.91 Å². The van der Waals surface area contributed by atoms with Crippen LogP contribution in [0.1, 0.15) is 26.2 Å². The van der Waals surface area contributed by atoms with Gasteiger partial charge in [-0.25, -0.2) is 0 Å². The molecule has 0 radical (unpaired) electrons. The zero-order chi connectivity index (χ0) is 10.7. The maximum absolute atomic E-state index is 12.3. The molecular formula is C11H21N3O. The van der Waals surface area contributed by atoms with E-state index in [-0.39, 0.29) is 5.54 Å². The zero-order valence-corrected chi connectivity index (χ0v) is 9.51. The van der Waals surface area contributed by atoms with Crippen molar-refractivity contribution in [2.75, 3.05) is 32.7 Å². The van der Waals surface area contributed by atoms with Crippen LogP contribution in [0.15, 0.2) is 0 Å². The number of hydrogen-bond acceptors (Lipinski definition) is 3. The molecule has 0 aromatic carbocycles. The zero-order valence-electron chi connectivity index (χ0n) is 9.51. The molecule has 1 unspecified atom stereocenters. The van der Waals surface area contributed by atoms with Crippen LogP contribution in [0.5, 0.6) is 0 Å². The minimum atomic E-state index is -0.287. The largest absolute Gasteiger partial charge is 0.340 e. The van der Waals surface area contributed by atoms with Gasteiger partial charge in [-0.3, -0.25) is 4.79 Å². The Bertz CT molecular complexity index is 228. The van der Waals surface area contributed by atoms with Crippen LogP contribution in [-0.2, 0) is 4.79 Å². The lowest BCUT2D eigenvalue weighted by molar-refractivity contribution is -0.137. The van der Waals surface area contributed by atoms with Crippen molar-refractivity contribution < 1.29 is 4.79 Å². The van der Waals surface area contributed by atoms with Crippen LogP contribution in [0.2, 0.25) is 0 Å². The third-order valence-corrected chi connectivity index (χ3v) is 3.47. The Hall–Kier alpha value is -0.610. The molecule has 86 valence electrons. The van der Waals surface area contributed by atoms with E-state index in [0.717, 1.165) is 52.0 Å². The van der Waals surface area contributed by atoms with Crippen LogP contribution in [0.25, 0.3) is 0 Å². The summed E-state index contributed by atoms with van der Waals surface area (Å²) < 4.78 is 0. The van der Waals surface area contributed by atoms with Gasteiger partial charge >= 0.3 is 0 Å². The minimum absolute atomic E-state index is 0.287. The highest BCUT2D eigenvalue weighted by atomic mass is 16.2. The highest BCUT2D eigenvalue weighted by Crippen LogP contribution is 2.21. The van der Waals surface area contributed by atoms with Gasteiger partial charge in [-0.1, -0.05) is 0 Å². The lowest BCUT2D eigenvalue weighted by atomic mass is 9.98. The van der Waals surface area contributed by atoms with E-state index in [2.05, 4.69) is 10.6 Å². The first-order valence-corrected chi connectivity index (χ1v) is 5.97. The van der Waals surface area contributed by atoms with Crippen LogP contribution in [0.4, 0.5) is 0 Å². The second-order valence-electron chi connectivity index (χ2n) is 4.76. The molecule has 2 N–H and O–H groups in total. The minimum Gasteiger partial charge on any atom is -0.340 e. The van der Waals surface area contributed by atoms with Crippen LogP contribution < -0.4 is 10.6 Å². The van der Waals surface area contributed by atoms with Gasteiger partial charge < -0.3 is 15.5 Å². The van der Waals surface area contributed by atoms with Crippen molar-refractivity contribution in [2.45, 2.75) is 31.7 Å². The van der Waals surface area contributed by atoms with E-state index < -0.39 is 0 Å². The molecule has 2 saturated heterocycles. The molecule has 0 bridgehead atoms. The first kappa shape index (κ1) is 10.9. The van der Waals surface area contributed by atoms with Gasteiger partial charge in [0, 0.05) is 19.6 Å². The second-order valence-corrected chi connectivity index (χ2v) is 4.76. The lowest BCUT2D eigenvalue weighted by Gasteiger charge is -2.30. The molecule has 0 aromatic rings. The molecule has 2 aliphatic rings. The predicted molar refractivity (Wildman–Crippen MR) is 59.7 cm³/mol. The topological polar surface area (TPSA) is 44.4 Å². The summed E-state index contributed by atoms with van der Waals surface area (Å²) in [7, 11) is 0. The van der Waals surface area contributed by atoms with Gasteiger partial charge in [-0.05, 0) is 39.3 Å². The molecule has 4 heteroatoms. The SMILES string of the molecule is CC1(C(=O)N2CCCNCC2)CCCN1. The first-order chi connectivity index (χ1) is 7.22.